The van der Waals surface area contributed by atoms with E-state index in [0.717, 1.165) is 5.75 Å². The molecule has 1 aliphatic rings. The number of ether oxygens (including phenoxy) is 1. The molecule has 1 fully saturated rings. The summed E-state index contributed by atoms with van der Waals surface area (Å²) in [5.74, 6) is -1.34. The van der Waals surface area contributed by atoms with Crippen LogP contribution >= 0.6 is 0 Å². The standard InChI is InChI=1S/C19H23FN4O4/c1-4-15-16(17(25)23-10-9-19(20,11-23)18(26)27)21-22-24(15)13-5-7-14(8-6-13)28-12(2)3/h5-8,12H,4,9-11H2,1-3H3,(H,26,27). The van der Waals surface area contributed by atoms with Crippen molar-refractivity contribution in [2.45, 2.75) is 45.4 Å². The summed E-state index contributed by atoms with van der Waals surface area (Å²) in [6.45, 7) is 5.28. The molecule has 1 N–H and O–H groups in total. The molecule has 0 radical (unpaired) electrons. The topological polar surface area (TPSA) is 97.5 Å². The average Bonchev–Trinajstić information content (AvgIpc) is 3.26. The number of benzene rings is 1. The molecule has 1 saturated heterocycles. The van der Waals surface area contributed by atoms with Gasteiger partial charge in [0.1, 0.15) is 5.75 Å². The minimum absolute atomic E-state index is 0.0267. The van der Waals surface area contributed by atoms with E-state index in [9.17, 15) is 14.0 Å². The molecule has 2 aromatic rings. The maximum atomic E-state index is 14.3. The fourth-order valence-corrected chi connectivity index (χ4v) is 3.20. The van der Waals surface area contributed by atoms with Crippen molar-refractivity contribution >= 4 is 11.9 Å². The first-order chi connectivity index (χ1) is 13.2. The summed E-state index contributed by atoms with van der Waals surface area (Å²) in [6.07, 6.45) is 0.300. The van der Waals surface area contributed by atoms with Crippen molar-refractivity contribution in [3.63, 3.8) is 0 Å². The van der Waals surface area contributed by atoms with Crippen LogP contribution < -0.4 is 4.74 Å². The van der Waals surface area contributed by atoms with Crippen molar-refractivity contribution in [2.75, 3.05) is 13.1 Å². The molecule has 1 aliphatic heterocycles. The Balaban J connectivity index is 1.84. The number of amides is 1. The molecule has 0 bridgehead atoms. The van der Waals surface area contributed by atoms with Gasteiger partial charge in [-0.05, 0) is 44.5 Å². The van der Waals surface area contributed by atoms with E-state index in [1.165, 1.54) is 4.90 Å². The van der Waals surface area contributed by atoms with Gasteiger partial charge in [0.25, 0.3) is 5.91 Å². The van der Waals surface area contributed by atoms with Crippen LogP contribution in [0, 0.1) is 0 Å². The molecule has 0 aliphatic carbocycles. The van der Waals surface area contributed by atoms with Crippen molar-refractivity contribution in [3.05, 3.63) is 35.7 Å². The predicted octanol–water partition coefficient (Wildman–Crippen LogP) is 2.26. The van der Waals surface area contributed by atoms with Gasteiger partial charge >= 0.3 is 5.97 Å². The van der Waals surface area contributed by atoms with Gasteiger partial charge < -0.3 is 14.7 Å². The first-order valence-electron chi connectivity index (χ1n) is 9.18. The fourth-order valence-electron chi connectivity index (χ4n) is 3.20. The van der Waals surface area contributed by atoms with Crippen LogP contribution in [0.5, 0.6) is 5.75 Å². The van der Waals surface area contributed by atoms with Gasteiger partial charge in [0, 0.05) is 13.0 Å². The predicted molar refractivity (Wildman–Crippen MR) is 98.5 cm³/mol. The van der Waals surface area contributed by atoms with Crippen LogP contribution in [0.2, 0.25) is 0 Å². The highest BCUT2D eigenvalue weighted by Crippen LogP contribution is 2.28. The van der Waals surface area contributed by atoms with Gasteiger partial charge in [-0.2, -0.15) is 0 Å². The smallest absolute Gasteiger partial charge is 0.343 e. The van der Waals surface area contributed by atoms with Crippen LogP contribution in [0.25, 0.3) is 5.69 Å². The van der Waals surface area contributed by atoms with Crippen molar-refractivity contribution in [3.8, 4) is 11.4 Å². The zero-order valence-corrected chi connectivity index (χ0v) is 16.1. The molecule has 0 spiro atoms. The van der Waals surface area contributed by atoms with Gasteiger partial charge in [-0.25, -0.2) is 13.9 Å². The largest absolute Gasteiger partial charge is 0.491 e. The first kappa shape index (κ1) is 19.8. The van der Waals surface area contributed by atoms with E-state index in [4.69, 9.17) is 9.84 Å². The lowest BCUT2D eigenvalue weighted by Gasteiger charge is -2.17. The molecule has 1 aromatic carbocycles. The van der Waals surface area contributed by atoms with Gasteiger partial charge in [-0.1, -0.05) is 12.1 Å². The number of hydrogen-bond acceptors (Lipinski definition) is 5. The minimum atomic E-state index is -2.41. The van der Waals surface area contributed by atoms with Gasteiger partial charge in [0.15, 0.2) is 5.69 Å². The van der Waals surface area contributed by atoms with Gasteiger partial charge in [0.05, 0.1) is 24.0 Å². The molecule has 3 rings (SSSR count). The number of carboxylic acid groups (broad SMARTS) is 1. The summed E-state index contributed by atoms with van der Waals surface area (Å²) in [4.78, 5) is 25.0. The van der Waals surface area contributed by atoms with Gasteiger partial charge in [0.2, 0.25) is 5.67 Å². The van der Waals surface area contributed by atoms with Crippen LogP contribution in [0.4, 0.5) is 4.39 Å². The Bertz CT molecular complexity index is 881. The maximum absolute atomic E-state index is 14.3. The lowest BCUT2D eigenvalue weighted by atomic mass is 10.1. The van der Waals surface area contributed by atoms with Crippen LogP contribution in [-0.4, -0.2) is 61.7 Å². The summed E-state index contributed by atoms with van der Waals surface area (Å²) in [5.41, 5.74) is -1.01. The van der Waals surface area contributed by atoms with E-state index < -0.39 is 24.1 Å². The second-order valence-electron chi connectivity index (χ2n) is 7.06. The van der Waals surface area contributed by atoms with Crippen LogP contribution in [0.3, 0.4) is 0 Å². The molecule has 150 valence electrons. The van der Waals surface area contributed by atoms with E-state index in [-0.39, 0.29) is 24.8 Å². The number of likely N-dealkylation sites (tertiary alicyclic amines) is 1. The molecule has 28 heavy (non-hydrogen) atoms. The van der Waals surface area contributed by atoms with Crippen molar-refractivity contribution < 1.29 is 23.8 Å². The number of hydrogen-bond donors (Lipinski definition) is 1. The molecule has 2 heterocycles. The van der Waals surface area contributed by atoms with E-state index in [2.05, 4.69) is 10.3 Å². The number of rotatable bonds is 6. The highest BCUT2D eigenvalue weighted by molar-refractivity contribution is 5.94. The van der Waals surface area contributed by atoms with E-state index in [1.54, 1.807) is 4.68 Å². The number of aliphatic carboxylic acids is 1. The van der Waals surface area contributed by atoms with Gasteiger partial charge in [-0.15, -0.1) is 5.10 Å². The Morgan fingerprint density at radius 1 is 1.32 bits per heavy atom. The monoisotopic (exact) mass is 390 g/mol. The Morgan fingerprint density at radius 2 is 2.00 bits per heavy atom. The number of nitrogens with zero attached hydrogens (tertiary/aromatic N) is 4. The fraction of sp³-hybridized carbons (Fsp3) is 0.474. The first-order valence-corrected chi connectivity index (χ1v) is 9.18. The highest BCUT2D eigenvalue weighted by atomic mass is 19.1. The number of halogens is 1. The normalized spacial score (nSPS) is 19.2. The molecule has 1 unspecified atom stereocenters. The molecule has 9 heteroatoms. The van der Waals surface area contributed by atoms with Crippen molar-refractivity contribution in [1.82, 2.24) is 19.9 Å². The highest BCUT2D eigenvalue weighted by Gasteiger charge is 2.47. The molecule has 1 atom stereocenters. The SMILES string of the molecule is CCc1c(C(=O)N2CCC(F)(C(=O)O)C2)nnn1-c1ccc(OC(C)C)cc1. The van der Waals surface area contributed by atoms with E-state index in [0.29, 0.717) is 17.8 Å². The zero-order chi connectivity index (χ0) is 20.5. The molecular weight excluding hydrogens is 367 g/mol. The molecular formula is C19H23FN4O4. The second kappa shape index (κ2) is 7.57. The van der Waals surface area contributed by atoms with E-state index in [1.807, 2.05) is 45.0 Å². The summed E-state index contributed by atoms with van der Waals surface area (Å²) < 4.78 is 21.5. The quantitative estimate of drug-likeness (QED) is 0.813. The molecule has 8 nitrogen and oxygen atoms in total. The molecule has 0 saturated carbocycles. The summed E-state index contributed by atoms with van der Waals surface area (Å²) in [6, 6.07) is 7.24. The third-order valence-electron chi connectivity index (χ3n) is 4.64. The Morgan fingerprint density at radius 3 is 2.54 bits per heavy atom. The van der Waals surface area contributed by atoms with Gasteiger partial charge in [-0.3, -0.25) is 4.79 Å². The van der Waals surface area contributed by atoms with Crippen molar-refractivity contribution in [2.24, 2.45) is 0 Å². The number of carbonyl (C=O) groups excluding carboxylic acids is 1. The number of aromatic nitrogens is 3. The average molecular weight is 390 g/mol. The Kier molecular flexibility index (Phi) is 5.35. The minimum Gasteiger partial charge on any atom is -0.491 e. The number of carbonyl (C=O) groups is 2. The molecule has 1 aromatic heterocycles. The maximum Gasteiger partial charge on any atom is 0.343 e. The van der Waals surface area contributed by atoms with Crippen LogP contribution in [-0.2, 0) is 11.2 Å². The number of carboxylic acids is 1. The summed E-state index contributed by atoms with van der Waals surface area (Å²) in [7, 11) is 0. The number of alkyl halides is 1. The summed E-state index contributed by atoms with van der Waals surface area (Å²) >= 11 is 0. The zero-order valence-electron chi connectivity index (χ0n) is 16.1. The van der Waals surface area contributed by atoms with E-state index >= 15 is 0 Å². The lowest BCUT2D eigenvalue weighted by molar-refractivity contribution is -0.149. The molecule has 1 amide bonds. The third kappa shape index (κ3) is 3.69. The van der Waals surface area contributed by atoms with Crippen molar-refractivity contribution in [1.29, 1.82) is 0 Å². The second-order valence-corrected chi connectivity index (χ2v) is 7.06. The van der Waals surface area contributed by atoms with Crippen LogP contribution in [0.1, 0.15) is 43.4 Å². The Hall–Kier alpha value is -2.97. The van der Waals surface area contributed by atoms with Crippen LogP contribution in [0.15, 0.2) is 24.3 Å². The summed E-state index contributed by atoms with van der Waals surface area (Å²) in [5, 5.41) is 17.1. The lowest BCUT2D eigenvalue weighted by Crippen LogP contribution is -2.39. The Labute approximate surface area is 161 Å². The third-order valence-corrected chi connectivity index (χ3v) is 4.64.